The lowest BCUT2D eigenvalue weighted by Gasteiger charge is -2.03. The third-order valence-electron chi connectivity index (χ3n) is 1.89. The smallest absolute Gasteiger partial charge is 0.117 e. The Morgan fingerprint density at radius 1 is 1.23 bits per heavy atom. The Bertz CT molecular complexity index is 468. The van der Waals surface area contributed by atoms with Crippen LogP contribution in [-0.2, 0) is 0 Å². The second-order valence-corrected chi connectivity index (χ2v) is 3.69. The van der Waals surface area contributed by atoms with E-state index in [0.717, 1.165) is 10.8 Å². The number of thiol groups is 1. The van der Waals surface area contributed by atoms with Crippen LogP contribution in [-0.4, -0.2) is 5.11 Å². The minimum absolute atomic E-state index is 0.208. The van der Waals surface area contributed by atoms with Crippen LogP contribution in [0.4, 0.5) is 0 Å². The maximum atomic E-state index is 9.31. The Kier molecular flexibility index (Phi) is 2.10. The fraction of sp³-hybridized carbons (Fsp3) is 0. The van der Waals surface area contributed by atoms with Crippen LogP contribution in [0.3, 0.4) is 0 Å². The van der Waals surface area contributed by atoms with E-state index in [1.165, 1.54) is 0 Å². The number of fused-ring (bicyclic) bond motifs is 1. The summed E-state index contributed by atoms with van der Waals surface area (Å²) in [5, 5.41) is 11.7. The summed E-state index contributed by atoms with van der Waals surface area (Å²) in [4.78, 5) is 0.695. The molecule has 3 heteroatoms. The van der Waals surface area contributed by atoms with E-state index < -0.39 is 0 Å². The van der Waals surface area contributed by atoms with Gasteiger partial charge in [-0.25, -0.2) is 0 Å². The Morgan fingerprint density at radius 3 is 2.77 bits per heavy atom. The van der Waals surface area contributed by atoms with E-state index in [1.54, 1.807) is 18.2 Å². The molecule has 1 N–H and O–H groups in total. The van der Waals surface area contributed by atoms with Crippen molar-refractivity contribution in [1.29, 1.82) is 0 Å². The summed E-state index contributed by atoms with van der Waals surface area (Å²) in [6, 6.07) is 8.79. The van der Waals surface area contributed by atoms with Crippen LogP contribution in [0.1, 0.15) is 0 Å². The predicted octanol–water partition coefficient (Wildman–Crippen LogP) is 3.49. The highest BCUT2D eigenvalue weighted by atomic mass is 35.5. The number of phenols is 1. The molecule has 0 fully saturated rings. The molecule has 0 amide bonds. The molecular formula is C10H7ClOS. The highest BCUT2D eigenvalue weighted by Crippen LogP contribution is 2.32. The van der Waals surface area contributed by atoms with Gasteiger partial charge in [0.05, 0.1) is 0 Å². The molecule has 0 radical (unpaired) electrons. The number of hydrogen-bond donors (Lipinski definition) is 2. The molecule has 0 aliphatic rings. The van der Waals surface area contributed by atoms with Gasteiger partial charge in [-0.05, 0) is 23.6 Å². The van der Waals surface area contributed by atoms with Gasteiger partial charge in [-0.1, -0.05) is 23.7 Å². The molecule has 2 aromatic carbocycles. The topological polar surface area (TPSA) is 20.2 Å². The molecule has 0 saturated carbocycles. The molecule has 0 aromatic heterocycles. The van der Waals surface area contributed by atoms with Gasteiger partial charge in [0.15, 0.2) is 0 Å². The molecule has 13 heavy (non-hydrogen) atoms. The number of rotatable bonds is 0. The first-order valence-electron chi connectivity index (χ1n) is 3.78. The van der Waals surface area contributed by atoms with Crippen molar-refractivity contribution in [1.82, 2.24) is 0 Å². The van der Waals surface area contributed by atoms with Crippen molar-refractivity contribution in [2.75, 3.05) is 0 Å². The van der Waals surface area contributed by atoms with Gasteiger partial charge in [-0.3, -0.25) is 0 Å². The largest absolute Gasteiger partial charge is 0.508 e. The summed E-state index contributed by atoms with van der Waals surface area (Å²) in [5.41, 5.74) is 0. The van der Waals surface area contributed by atoms with Gasteiger partial charge < -0.3 is 5.11 Å². The van der Waals surface area contributed by atoms with Crippen molar-refractivity contribution in [3.63, 3.8) is 0 Å². The minimum atomic E-state index is 0.208. The molecule has 0 heterocycles. The zero-order valence-corrected chi connectivity index (χ0v) is 8.31. The molecule has 0 bridgehead atoms. The van der Waals surface area contributed by atoms with Crippen LogP contribution in [0, 0.1) is 0 Å². The number of phenolic OH excluding ortho intramolecular Hbond substituents is 1. The Hall–Kier alpha value is -0.860. The lowest BCUT2D eigenvalue weighted by atomic mass is 10.1. The molecular weight excluding hydrogens is 204 g/mol. The van der Waals surface area contributed by atoms with E-state index in [0.29, 0.717) is 9.92 Å². The quantitative estimate of drug-likeness (QED) is 0.638. The van der Waals surface area contributed by atoms with Gasteiger partial charge in [0.25, 0.3) is 0 Å². The molecule has 0 aliphatic heterocycles. The molecule has 2 rings (SSSR count). The first-order chi connectivity index (χ1) is 6.18. The standard InChI is InChI=1S/C10H7ClOS/c11-8-3-1-2-6-4-7(12)5-9(13)10(6)8/h1-5,12-13H. The van der Waals surface area contributed by atoms with Crippen LogP contribution in [0.25, 0.3) is 10.8 Å². The van der Waals surface area contributed by atoms with Gasteiger partial charge in [0.2, 0.25) is 0 Å². The van der Waals surface area contributed by atoms with E-state index in [9.17, 15) is 5.11 Å². The lowest BCUT2D eigenvalue weighted by molar-refractivity contribution is 0.475. The minimum Gasteiger partial charge on any atom is -0.508 e. The monoisotopic (exact) mass is 210 g/mol. The second-order valence-electron chi connectivity index (χ2n) is 2.80. The van der Waals surface area contributed by atoms with E-state index >= 15 is 0 Å². The first kappa shape index (κ1) is 8.73. The molecule has 0 saturated heterocycles. The summed E-state index contributed by atoms with van der Waals surface area (Å²) >= 11 is 10.2. The Labute approximate surface area is 86.4 Å². The van der Waals surface area contributed by atoms with E-state index in [4.69, 9.17) is 11.6 Å². The van der Waals surface area contributed by atoms with Crippen LogP contribution in [0.5, 0.6) is 5.75 Å². The number of halogens is 1. The predicted molar refractivity (Wildman–Crippen MR) is 57.9 cm³/mol. The third-order valence-corrected chi connectivity index (χ3v) is 2.56. The van der Waals surface area contributed by atoms with Crippen molar-refractivity contribution < 1.29 is 5.11 Å². The SMILES string of the molecule is Oc1cc(S)c2c(Cl)cccc2c1. The molecule has 1 nitrogen and oxygen atoms in total. The molecule has 2 aromatic rings. The van der Waals surface area contributed by atoms with Crippen LogP contribution >= 0.6 is 24.2 Å². The van der Waals surface area contributed by atoms with E-state index in [2.05, 4.69) is 12.6 Å². The number of aromatic hydroxyl groups is 1. The molecule has 0 aliphatic carbocycles. The summed E-state index contributed by atoms with van der Waals surface area (Å²) in [7, 11) is 0. The van der Waals surface area contributed by atoms with Gasteiger partial charge in [0, 0.05) is 15.3 Å². The average molecular weight is 211 g/mol. The summed E-state index contributed by atoms with van der Waals surface area (Å²) < 4.78 is 0. The van der Waals surface area contributed by atoms with Crippen LogP contribution in [0.2, 0.25) is 5.02 Å². The van der Waals surface area contributed by atoms with Crippen LogP contribution < -0.4 is 0 Å². The van der Waals surface area contributed by atoms with E-state index in [1.807, 2.05) is 12.1 Å². The van der Waals surface area contributed by atoms with Crippen molar-refractivity contribution in [3.8, 4) is 5.75 Å². The lowest BCUT2D eigenvalue weighted by Crippen LogP contribution is -1.76. The number of hydrogen-bond acceptors (Lipinski definition) is 2. The number of benzene rings is 2. The van der Waals surface area contributed by atoms with Crippen molar-refractivity contribution >= 4 is 35.0 Å². The summed E-state index contributed by atoms with van der Waals surface area (Å²) in [6.07, 6.45) is 0. The van der Waals surface area contributed by atoms with Gasteiger partial charge in [0.1, 0.15) is 5.75 Å². The molecule has 0 atom stereocenters. The average Bonchev–Trinajstić information content (AvgIpc) is 2.02. The van der Waals surface area contributed by atoms with Crippen molar-refractivity contribution in [2.24, 2.45) is 0 Å². The van der Waals surface area contributed by atoms with Gasteiger partial charge in [-0.15, -0.1) is 12.6 Å². The molecule has 66 valence electrons. The summed E-state index contributed by atoms with van der Waals surface area (Å²) in [6.45, 7) is 0. The van der Waals surface area contributed by atoms with Crippen molar-refractivity contribution in [2.45, 2.75) is 4.90 Å². The highest BCUT2D eigenvalue weighted by Gasteiger charge is 2.03. The maximum absolute atomic E-state index is 9.31. The zero-order chi connectivity index (χ0) is 9.42. The zero-order valence-electron chi connectivity index (χ0n) is 6.66. The molecule has 0 unspecified atom stereocenters. The normalized spacial score (nSPS) is 10.6. The molecule has 0 spiro atoms. The van der Waals surface area contributed by atoms with E-state index in [-0.39, 0.29) is 5.75 Å². The summed E-state index contributed by atoms with van der Waals surface area (Å²) in [5.74, 6) is 0.208. The highest BCUT2D eigenvalue weighted by molar-refractivity contribution is 7.80. The fourth-order valence-electron chi connectivity index (χ4n) is 1.34. The first-order valence-corrected chi connectivity index (χ1v) is 4.61. The second kappa shape index (κ2) is 3.13. The Balaban J connectivity index is 2.94. The maximum Gasteiger partial charge on any atom is 0.117 e. The third kappa shape index (κ3) is 1.47. The van der Waals surface area contributed by atoms with Crippen LogP contribution in [0.15, 0.2) is 35.2 Å². The van der Waals surface area contributed by atoms with Gasteiger partial charge >= 0.3 is 0 Å². The van der Waals surface area contributed by atoms with Gasteiger partial charge in [-0.2, -0.15) is 0 Å². The van der Waals surface area contributed by atoms with Crippen molar-refractivity contribution in [3.05, 3.63) is 35.4 Å². The fourth-order valence-corrected chi connectivity index (χ4v) is 2.08. The Morgan fingerprint density at radius 2 is 2.00 bits per heavy atom.